The first kappa shape index (κ1) is 17.6. The molecule has 0 aliphatic carbocycles. The van der Waals surface area contributed by atoms with Crippen molar-refractivity contribution in [2.75, 3.05) is 31.1 Å². The molecule has 0 unspecified atom stereocenters. The van der Waals surface area contributed by atoms with Gasteiger partial charge in [-0.2, -0.15) is 0 Å². The zero-order valence-corrected chi connectivity index (χ0v) is 16.3. The monoisotopic (exact) mass is 396 g/mol. The zero-order valence-electron chi connectivity index (χ0n) is 16.3. The highest BCUT2D eigenvalue weighted by atomic mass is 19.1. The van der Waals surface area contributed by atoms with Crippen molar-refractivity contribution >= 4 is 5.69 Å². The first-order valence-corrected chi connectivity index (χ1v) is 10.6. The predicted molar refractivity (Wildman–Crippen MR) is 107 cm³/mol. The summed E-state index contributed by atoms with van der Waals surface area (Å²) < 4.78 is 21.9. The van der Waals surface area contributed by atoms with Crippen LogP contribution in [0.2, 0.25) is 0 Å². The van der Waals surface area contributed by atoms with E-state index in [0.717, 1.165) is 56.9 Å². The molecule has 0 spiro atoms. The number of hydrogen-bond acceptors (Lipinski definition) is 5. The van der Waals surface area contributed by atoms with E-state index in [1.54, 1.807) is 12.3 Å². The van der Waals surface area contributed by atoms with Crippen LogP contribution in [0.3, 0.4) is 0 Å². The number of halogens is 1. The van der Waals surface area contributed by atoms with Crippen molar-refractivity contribution in [3.05, 3.63) is 58.0 Å². The molecule has 6 heterocycles. The molecule has 6 nitrogen and oxygen atoms in total. The third-order valence-electron chi connectivity index (χ3n) is 7.16. The SMILES string of the molecule is O=c1c(CN2C[C@H]3C[C@@H]2CO3)ccc2n1C[C@H]1C[C@@H]2CN(c2ccncc2F)C1. The molecule has 152 valence electrons. The van der Waals surface area contributed by atoms with Crippen molar-refractivity contribution in [1.29, 1.82) is 0 Å². The highest BCUT2D eigenvalue weighted by Gasteiger charge is 2.40. The average molecular weight is 396 g/mol. The fourth-order valence-electron chi connectivity index (χ4n) is 5.82. The third kappa shape index (κ3) is 2.90. The Balaban J connectivity index is 1.27. The molecule has 4 aliphatic heterocycles. The lowest BCUT2D eigenvalue weighted by Crippen LogP contribution is -2.48. The average Bonchev–Trinajstić information content (AvgIpc) is 3.34. The number of pyridine rings is 2. The van der Waals surface area contributed by atoms with Gasteiger partial charge in [0.2, 0.25) is 0 Å². The number of nitrogens with zero attached hydrogens (tertiary/aromatic N) is 4. The zero-order chi connectivity index (χ0) is 19.5. The molecule has 0 amide bonds. The van der Waals surface area contributed by atoms with E-state index in [9.17, 15) is 9.18 Å². The molecule has 7 heteroatoms. The summed E-state index contributed by atoms with van der Waals surface area (Å²) in [5, 5.41) is 0. The van der Waals surface area contributed by atoms with Gasteiger partial charge < -0.3 is 14.2 Å². The Labute approximate surface area is 168 Å². The van der Waals surface area contributed by atoms with E-state index in [0.29, 0.717) is 30.3 Å². The molecule has 4 bridgehead atoms. The number of ether oxygens (including phenoxy) is 1. The summed E-state index contributed by atoms with van der Waals surface area (Å²) in [6.07, 6.45) is 5.43. The Kier molecular flexibility index (Phi) is 4.03. The van der Waals surface area contributed by atoms with Crippen LogP contribution in [0, 0.1) is 11.7 Å². The molecular formula is C22H25FN4O2. The van der Waals surface area contributed by atoms with E-state index in [1.807, 2.05) is 10.6 Å². The standard InChI is InChI=1S/C22H25FN4O2/c23-19-7-24-4-3-21(19)26-8-14-5-16(11-26)20-2-1-15(22(28)27(20)9-14)10-25-12-18-6-17(25)13-29-18/h1-4,7,14,16-18H,5-6,8-13H2/t14-,16+,17+,18+/m0/s1. The molecule has 0 saturated carbocycles. The maximum Gasteiger partial charge on any atom is 0.255 e. The van der Waals surface area contributed by atoms with Gasteiger partial charge in [0.25, 0.3) is 5.56 Å². The maximum atomic E-state index is 14.2. The molecular weight excluding hydrogens is 371 g/mol. The predicted octanol–water partition coefficient (Wildman–Crippen LogP) is 1.98. The van der Waals surface area contributed by atoms with Crippen LogP contribution in [0.5, 0.6) is 0 Å². The van der Waals surface area contributed by atoms with E-state index >= 15 is 0 Å². The molecule has 3 fully saturated rings. The number of morpholine rings is 1. The highest BCUT2D eigenvalue weighted by molar-refractivity contribution is 5.47. The van der Waals surface area contributed by atoms with Gasteiger partial charge in [-0.3, -0.25) is 14.7 Å². The lowest BCUT2D eigenvalue weighted by molar-refractivity contribution is 0.0271. The Morgan fingerprint density at radius 2 is 2.07 bits per heavy atom. The fraction of sp³-hybridized carbons (Fsp3) is 0.545. The molecule has 4 aliphatic rings. The molecule has 2 aromatic heterocycles. The number of piperidine rings is 1. The number of aromatic nitrogens is 2. The fourth-order valence-corrected chi connectivity index (χ4v) is 5.82. The second-order valence-electron chi connectivity index (χ2n) is 9.00. The van der Waals surface area contributed by atoms with Gasteiger partial charge in [-0.05, 0) is 30.9 Å². The molecule has 0 radical (unpaired) electrons. The Morgan fingerprint density at radius 3 is 2.86 bits per heavy atom. The quantitative estimate of drug-likeness (QED) is 0.794. The second-order valence-corrected chi connectivity index (χ2v) is 9.00. The summed E-state index contributed by atoms with van der Waals surface area (Å²) in [6.45, 7) is 4.68. The van der Waals surface area contributed by atoms with Crippen LogP contribution in [-0.4, -0.2) is 52.8 Å². The van der Waals surface area contributed by atoms with Gasteiger partial charge in [-0.1, -0.05) is 6.07 Å². The van der Waals surface area contributed by atoms with Crippen molar-refractivity contribution in [1.82, 2.24) is 14.5 Å². The van der Waals surface area contributed by atoms with E-state index < -0.39 is 0 Å². The first-order valence-electron chi connectivity index (χ1n) is 10.6. The van der Waals surface area contributed by atoms with Crippen LogP contribution < -0.4 is 10.5 Å². The minimum absolute atomic E-state index is 0.157. The summed E-state index contributed by atoms with van der Waals surface area (Å²) in [5.74, 6) is 0.343. The summed E-state index contributed by atoms with van der Waals surface area (Å²) in [5.41, 5.74) is 2.76. The Morgan fingerprint density at radius 1 is 1.14 bits per heavy atom. The summed E-state index contributed by atoms with van der Waals surface area (Å²) in [6, 6.07) is 6.37. The van der Waals surface area contributed by atoms with Gasteiger partial charge in [0.15, 0.2) is 5.82 Å². The van der Waals surface area contributed by atoms with Gasteiger partial charge in [-0.15, -0.1) is 0 Å². The molecule has 29 heavy (non-hydrogen) atoms. The van der Waals surface area contributed by atoms with Crippen molar-refractivity contribution in [2.45, 2.75) is 44.0 Å². The van der Waals surface area contributed by atoms with Crippen molar-refractivity contribution in [3.8, 4) is 0 Å². The largest absolute Gasteiger partial charge is 0.375 e. The summed E-state index contributed by atoms with van der Waals surface area (Å²) in [4.78, 5) is 21.7. The Hall–Kier alpha value is -2.25. The van der Waals surface area contributed by atoms with Gasteiger partial charge in [0.1, 0.15) is 0 Å². The lowest BCUT2D eigenvalue weighted by Gasteiger charge is -2.44. The number of rotatable bonds is 3. The minimum Gasteiger partial charge on any atom is -0.375 e. The molecule has 0 N–H and O–H groups in total. The third-order valence-corrected chi connectivity index (χ3v) is 7.16. The van der Waals surface area contributed by atoms with E-state index in [-0.39, 0.29) is 17.3 Å². The molecule has 0 aromatic carbocycles. The lowest BCUT2D eigenvalue weighted by atomic mass is 9.82. The van der Waals surface area contributed by atoms with Crippen LogP contribution in [0.15, 0.2) is 35.4 Å². The summed E-state index contributed by atoms with van der Waals surface area (Å²) in [7, 11) is 0. The van der Waals surface area contributed by atoms with Gasteiger partial charge in [0, 0.05) is 62.1 Å². The van der Waals surface area contributed by atoms with Crippen molar-refractivity contribution < 1.29 is 9.13 Å². The number of fused-ring (bicyclic) bond motifs is 6. The molecule has 3 saturated heterocycles. The van der Waals surface area contributed by atoms with Crippen LogP contribution in [-0.2, 0) is 17.8 Å². The van der Waals surface area contributed by atoms with Gasteiger partial charge in [-0.25, -0.2) is 4.39 Å². The number of anilines is 1. The van der Waals surface area contributed by atoms with Gasteiger partial charge in [0.05, 0.1) is 24.6 Å². The second kappa shape index (κ2) is 6.64. The smallest absolute Gasteiger partial charge is 0.255 e. The highest BCUT2D eigenvalue weighted by Crippen LogP contribution is 2.37. The normalized spacial score (nSPS) is 30.6. The van der Waals surface area contributed by atoms with E-state index in [1.165, 1.54) is 6.20 Å². The van der Waals surface area contributed by atoms with Crippen LogP contribution >= 0.6 is 0 Å². The van der Waals surface area contributed by atoms with Crippen LogP contribution in [0.1, 0.15) is 30.0 Å². The number of likely N-dealkylation sites (tertiary alicyclic amines) is 1. The summed E-state index contributed by atoms with van der Waals surface area (Å²) >= 11 is 0. The Bertz CT molecular complexity index is 1010. The minimum atomic E-state index is -0.274. The van der Waals surface area contributed by atoms with E-state index in [4.69, 9.17) is 4.74 Å². The number of hydrogen-bond donors (Lipinski definition) is 0. The van der Waals surface area contributed by atoms with Crippen LogP contribution in [0.4, 0.5) is 10.1 Å². The maximum absolute atomic E-state index is 14.2. The topological polar surface area (TPSA) is 50.6 Å². The first-order chi connectivity index (χ1) is 14.2. The van der Waals surface area contributed by atoms with Crippen LogP contribution in [0.25, 0.3) is 0 Å². The van der Waals surface area contributed by atoms with Crippen molar-refractivity contribution in [2.24, 2.45) is 5.92 Å². The molecule has 4 atom stereocenters. The molecule has 6 rings (SSSR count). The molecule has 2 aromatic rings. The van der Waals surface area contributed by atoms with Crippen molar-refractivity contribution in [3.63, 3.8) is 0 Å². The van der Waals surface area contributed by atoms with E-state index in [2.05, 4.69) is 20.9 Å². The van der Waals surface area contributed by atoms with Gasteiger partial charge >= 0.3 is 0 Å².